The molecular formula is C18H22N2. The lowest BCUT2D eigenvalue weighted by atomic mass is 9.88. The summed E-state index contributed by atoms with van der Waals surface area (Å²) in [5.41, 5.74) is 2.68. The molecule has 1 heterocycles. The van der Waals surface area contributed by atoms with Crippen LogP contribution >= 0.6 is 0 Å². The number of nitrogens with one attached hydrogen (secondary N) is 2. The highest BCUT2D eigenvalue weighted by Gasteiger charge is 2.33. The second-order valence-corrected chi connectivity index (χ2v) is 6.31. The summed E-state index contributed by atoms with van der Waals surface area (Å²) in [7, 11) is 0. The van der Waals surface area contributed by atoms with Crippen LogP contribution in [-0.2, 0) is 0 Å². The molecule has 0 atom stereocenters. The third-order valence-corrected chi connectivity index (χ3v) is 4.86. The van der Waals surface area contributed by atoms with Crippen LogP contribution in [0, 0.1) is 0 Å². The summed E-state index contributed by atoms with van der Waals surface area (Å²) in [6.45, 7) is 0. The Kier molecular flexibility index (Phi) is 2.83. The lowest BCUT2D eigenvalue weighted by Gasteiger charge is -2.42. The minimum atomic E-state index is 0.0725. The van der Waals surface area contributed by atoms with Gasteiger partial charge >= 0.3 is 0 Å². The molecule has 0 amide bonds. The zero-order chi connectivity index (χ0) is 13.4. The van der Waals surface area contributed by atoms with Gasteiger partial charge in [-0.15, -0.1) is 0 Å². The van der Waals surface area contributed by atoms with Crippen LogP contribution in [0.3, 0.4) is 0 Å². The lowest BCUT2D eigenvalue weighted by Crippen LogP contribution is -2.48. The second-order valence-electron chi connectivity index (χ2n) is 6.31. The Balaban J connectivity index is 1.77. The van der Waals surface area contributed by atoms with E-state index < -0.39 is 0 Å². The van der Waals surface area contributed by atoms with Gasteiger partial charge in [0.2, 0.25) is 0 Å². The van der Waals surface area contributed by atoms with Gasteiger partial charge in [-0.1, -0.05) is 43.5 Å². The molecule has 104 valence electrons. The van der Waals surface area contributed by atoms with E-state index in [9.17, 15) is 0 Å². The zero-order valence-corrected chi connectivity index (χ0v) is 11.9. The van der Waals surface area contributed by atoms with Gasteiger partial charge in [-0.25, -0.2) is 0 Å². The molecule has 0 radical (unpaired) electrons. The van der Waals surface area contributed by atoms with Crippen molar-refractivity contribution in [1.82, 2.24) is 0 Å². The first kappa shape index (κ1) is 12.1. The molecule has 2 aromatic rings. The Labute approximate surface area is 120 Å². The predicted octanol–water partition coefficient (Wildman–Crippen LogP) is 5.12. The van der Waals surface area contributed by atoms with Gasteiger partial charge in [-0.3, -0.25) is 0 Å². The molecule has 1 fully saturated rings. The van der Waals surface area contributed by atoms with Crippen LogP contribution < -0.4 is 10.6 Å². The van der Waals surface area contributed by atoms with Gasteiger partial charge in [-0.2, -0.15) is 0 Å². The molecule has 1 aliphatic carbocycles. The van der Waals surface area contributed by atoms with Crippen LogP contribution in [0.2, 0.25) is 0 Å². The van der Waals surface area contributed by atoms with Crippen molar-refractivity contribution >= 4 is 22.1 Å². The van der Waals surface area contributed by atoms with Crippen molar-refractivity contribution in [3.8, 4) is 0 Å². The van der Waals surface area contributed by atoms with E-state index in [1.807, 2.05) is 0 Å². The Bertz CT molecular complexity index is 582. The third kappa shape index (κ3) is 1.94. The van der Waals surface area contributed by atoms with E-state index in [1.165, 1.54) is 67.1 Å². The molecule has 2 aromatic carbocycles. The lowest BCUT2D eigenvalue weighted by molar-refractivity contribution is 0.378. The smallest absolute Gasteiger partial charge is 0.108 e. The van der Waals surface area contributed by atoms with E-state index in [4.69, 9.17) is 0 Å². The Morgan fingerprint density at radius 2 is 1.25 bits per heavy atom. The van der Waals surface area contributed by atoms with Crippen molar-refractivity contribution in [2.45, 2.75) is 50.6 Å². The van der Waals surface area contributed by atoms with Crippen molar-refractivity contribution in [2.75, 3.05) is 10.6 Å². The molecule has 1 spiro atoms. The quantitative estimate of drug-likeness (QED) is 0.691. The topological polar surface area (TPSA) is 24.1 Å². The number of benzene rings is 2. The standard InChI is InChI=1S/C18H22N2/c1-2-4-12-18(13-5-3-1)19-15-10-6-8-14-9-7-11-16(20-18)17(14)15/h6-11,19-20H,1-5,12-13H2. The molecule has 2 nitrogen and oxygen atoms in total. The average Bonchev–Trinajstić information content (AvgIpc) is 2.44. The summed E-state index contributed by atoms with van der Waals surface area (Å²) < 4.78 is 0. The highest BCUT2D eigenvalue weighted by Crippen LogP contribution is 2.41. The zero-order valence-electron chi connectivity index (χ0n) is 11.9. The van der Waals surface area contributed by atoms with E-state index in [1.54, 1.807) is 0 Å². The summed E-state index contributed by atoms with van der Waals surface area (Å²) in [5.74, 6) is 0. The van der Waals surface area contributed by atoms with Gasteiger partial charge in [-0.05, 0) is 43.2 Å². The molecule has 2 aliphatic rings. The van der Waals surface area contributed by atoms with E-state index >= 15 is 0 Å². The van der Waals surface area contributed by atoms with Crippen LogP contribution in [0.1, 0.15) is 44.9 Å². The Hall–Kier alpha value is -1.70. The van der Waals surface area contributed by atoms with Gasteiger partial charge in [0, 0.05) is 16.8 Å². The van der Waals surface area contributed by atoms with Gasteiger partial charge < -0.3 is 10.6 Å². The highest BCUT2D eigenvalue weighted by atomic mass is 15.2. The van der Waals surface area contributed by atoms with Gasteiger partial charge in [0.15, 0.2) is 0 Å². The molecule has 20 heavy (non-hydrogen) atoms. The van der Waals surface area contributed by atoms with Crippen LogP contribution in [-0.4, -0.2) is 5.66 Å². The summed E-state index contributed by atoms with van der Waals surface area (Å²) in [6, 6.07) is 13.2. The third-order valence-electron chi connectivity index (χ3n) is 4.86. The summed E-state index contributed by atoms with van der Waals surface area (Å²) in [6.07, 6.45) is 9.22. The second kappa shape index (κ2) is 4.69. The van der Waals surface area contributed by atoms with Crippen LogP contribution in [0.5, 0.6) is 0 Å². The predicted molar refractivity (Wildman–Crippen MR) is 86.2 cm³/mol. The van der Waals surface area contributed by atoms with Crippen molar-refractivity contribution in [2.24, 2.45) is 0 Å². The number of anilines is 2. The highest BCUT2D eigenvalue weighted by molar-refractivity contribution is 6.05. The van der Waals surface area contributed by atoms with Gasteiger partial charge in [0.05, 0.1) is 0 Å². The number of hydrogen-bond acceptors (Lipinski definition) is 2. The molecule has 0 bridgehead atoms. The van der Waals surface area contributed by atoms with Crippen molar-refractivity contribution in [1.29, 1.82) is 0 Å². The molecule has 1 saturated carbocycles. The minimum absolute atomic E-state index is 0.0725. The van der Waals surface area contributed by atoms with E-state index in [-0.39, 0.29) is 5.66 Å². The Morgan fingerprint density at radius 3 is 1.85 bits per heavy atom. The molecule has 2 heteroatoms. The number of rotatable bonds is 0. The van der Waals surface area contributed by atoms with Crippen LogP contribution in [0.15, 0.2) is 36.4 Å². The van der Waals surface area contributed by atoms with E-state index in [0.29, 0.717) is 0 Å². The van der Waals surface area contributed by atoms with Crippen LogP contribution in [0.4, 0.5) is 11.4 Å². The molecule has 1 aliphatic heterocycles. The van der Waals surface area contributed by atoms with Crippen LogP contribution in [0.25, 0.3) is 10.8 Å². The number of hydrogen-bond donors (Lipinski definition) is 2. The summed E-state index contributed by atoms with van der Waals surface area (Å²) in [4.78, 5) is 0. The van der Waals surface area contributed by atoms with E-state index in [0.717, 1.165) is 0 Å². The van der Waals surface area contributed by atoms with Crippen molar-refractivity contribution in [3.05, 3.63) is 36.4 Å². The van der Waals surface area contributed by atoms with Gasteiger partial charge in [0.25, 0.3) is 0 Å². The molecule has 4 rings (SSSR count). The average molecular weight is 266 g/mol. The first-order chi connectivity index (χ1) is 9.86. The maximum absolute atomic E-state index is 3.83. The first-order valence-electron chi connectivity index (χ1n) is 7.95. The molecular weight excluding hydrogens is 244 g/mol. The monoisotopic (exact) mass is 266 g/mol. The fourth-order valence-corrected chi connectivity index (χ4v) is 3.86. The fourth-order valence-electron chi connectivity index (χ4n) is 3.86. The molecule has 2 N–H and O–H groups in total. The molecule has 0 saturated heterocycles. The van der Waals surface area contributed by atoms with Crippen molar-refractivity contribution in [3.63, 3.8) is 0 Å². The SMILES string of the molecule is c1cc2c3c(cccc3c1)NC1(CCCCCCC1)N2. The van der Waals surface area contributed by atoms with Crippen molar-refractivity contribution < 1.29 is 0 Å². The molecule has 0 aromatic heterocycles. The van der Waals surface area contributed by atoms with Gasteiger partial charge in [0.1, 0.15) is 5.66 Å². The van der Waals surface area contributed by atoms with E-state index in [2.05, 4.69) is 47.0 Å². The Morgan fingerprint density at radius 1 is 0.700 bits per heavy atom. The first-order valence-corrected chi connectivity index (χ1v) is 7.95. The fraction of sp³-hybridized carbons (Fsp3) is 0.444. The largest absolute Gasteiger partial charge is 0.362 e. The summed E-state index contributed by atoms with van der Waals surface area (Å²) in [5, 5.41) is 10.3. The summed E-state index contributed by atoms with van der Waals surface area (Å²) >= 11 is 0. The molecule has 0 unspecified atom stereocenters. The maximum Gasteiger partial charge on any atom is 0.108 e. The maximum atomic E-state index is 3.83. The normalized spacial score (nSPS) is 20.8. The minimum Gasteiger partial charge on any atom is -0.362 e.